The van der Waals surface area contributed by atoms with Crippen LogP contribution in [0.4, 0.5) is 5.95 Å². The summed E-state index contributed by atoms with van der Waals surface area (Å²) in [6, 6.07) is 9.88. The van der Waals surface area contributed by atoms with Crippen molar-refractivity contribution in [1.82, 2.24) is 25.1 Å². The van der Waals surface area contributed by atoms with Crippen LogP contribution in [0.5, 0.6) is 0 Å². The molecule has 1 saturated heterocycles. The van der Waals surface area contributed by atoms with Gasteiger partial charge in [-0.05, 0) is 47.2 Å². The normalized spacial score (nSPS) is 19.1. The first-order valence-electron chi connectivity index (χ1n) is 9.09. The number of piperazine rings is 1. The second kappa shape index (κ2) is 6.82. The molecule has 2 aromatic rings. The van der Waals surface area contributed by atoms with Gasteiger partial charge in [0.1, 0.15) is 0 Å². The molecule has 4 rings (SSSR count). The molecule has 1 aliphatic carbocycles. The molecule has 1 aromatic heterocycles. The minimum Gasteiger partial charge on any atom is -0.339 e. The van der Waals surface area contributed by atoms with E-state index >= 15 is 0 Å². The molecular formula is C18H24N6O. The van der Waals surface area contributed by atoms with Gasteiger partial charge < -0.3 is 9.80 Å². The highest BCUT2D eigenvalue weighted by Crippen LogP contribution is 2.38. The first-order valence-corrected chi connectivity index (χ1v) is 9.09. The number of amides is 1. The first-order chi connectivity index (χ1) is 12.2. The molecule has 7 heteroatoms. The molecule has 1 atom stereocenters. The SMILES string of the molecule is C[C@H](CC(=O)N1CCN(c2nnnn2-c2ccccc2)CC1)C1CC1. The Morgan fingerprint density at radius 2 is 1.88 bits per heavy atom. The number of benzene rings is 1. The second-order valence-electron chi connectivity index (χ2n) is 7.11. The van der Waals surface area contributed by atoms with Crippen molar-refractivity contribution < 1.29 is 4.79 Å². The van der Waals surface area contributed by atoms with Crippen molar-refractivity contribution >= 4 is 11.9 Å². The summed E-state index contributed by atoms with van der Waals surface area (Å²) in [6.07, 6.45) is 3.28. The van der Waals surface area contributed by atoms with E-state index in [1.165, 1.54) is 12.8 Å². The van der Waals surface area contributed by atoms with Crippen LogP contribution in [-0.4, -0.2) is 57.2 Å². The minimum atomic E-state index is 0.293. The molecule has 1 saturated carbocycles. The van der Waals surface area contributed by atoms with Gasteiger partial charge in [0.25, 0.3) is 0 Å². The highest BCUT2D eigenvalue weighted by Gasteiger charge is 2.31. The lowest BCUT2D eigenvalue weighted by Crippen LogP contribution is -2.49. The maximum Gasteiger partial charge on any atom is 0.250 e. The molecule has 2 aliphatic rings. The maximum absolute atomic E-state index is 12.5. The van der Waals surface area contributed by atoms with Crippen molar-refractivity contribution in [1.29, 1.82) is 0 Å². The van der Waals surface area contributed by atoms with E-state index in [-0.39, 0.29) is 0 Å². The summed E-state index contributed by atoms with van der Waals surface area (Å²) in [4.78, 5) is 16.6. The summed E-state index contributed by atoms with van der Waals surface area (Å²) in [5.74, 6) is 2.34. The molecule has 1 aliphatic heterocycles. The molecule has 0 radical (unpaired) electrons. The van der Waals surface area contributed by atoms with E-state index in [9.17, 15) is 4.79 Å². The second-order valence-corrected chi connectivity index (χ2v) is 7.11. The Balaban J connectivity index is 1.38. The maximum atomic E-state index is 12.5. The first kappa shape index (κ1) is 16.1. The molecule has 0 unspecified atom stereocenters. The summed E-state index contributed by atoms with van der Waals surface area (Å²) in [5, 5.41) is 12.1. The monoisotopic (exact) mass is 340 g/mol. The minimum absolute atomic E-state index is 0.293. The van der Waals surface area contributed by atoms with E-state index in [0.717, 1.165) is 43.7 Å². The van der Waals surface area contributed by atoms with Crippen LogP contribution < -0.4 is 4.90 Å². The van der Waals surface area contributed by atoms with Crippen LogP contribution in [0, 0.1) is 11.8 Å². The van der Waals surface area contributed by atoms with Crippen molar-refractivity contribution in [3.63, 3.8) is 0 Å². The zero-order valence-electron chi connectivity index (χ0n) is 14.6. The number of hydrogen-bond acceptors (Lipinski definition) is 5. The summed E-state index contributed by atoms with van der Waals surface area (Å²) in [6.45, 7) is 5.20. The Morgan fingerprint density at radius 1 is 1.16 bits per heavy atom. The lowest BCUT2D eigenvalue weighted by molar-refractivity contribution is -0.132. The van der Waals surface area contributed by atoms with Gasteiger partial charge in [-0.25, -0.2) is 0 Å². The van der Waals surface area contributed by atoms with E-state index in [2.05, 4.69) is 27.3 Å². The van der Waals surface area contributed by atoms with Gasteiger partial charge in [0.2, 0.25) is 11.9 Å². The van der Waals surface area contributed by atoms with Crippen LogP contribution >= 0.6 is 0 Å². The number of nitrogens with zero attached hydrogens (tertiary/aromatic N) is 6. The average molecular weight is 340 g/mol. The molecule has 0 bridgehead atoms. The Morgan fingerprint density at radius 3 is 2.56 bits per heavy atom. The van der Waals surface area contributed by atoms with Crippen LogP contribution in [0.1, 0.15) is 26.2 Å². The lowest BCUT2D eigenvalue weighted by Gasteiger charge is -2.35. The summed E-state index contributed by atoms with van der Waals surface area (Å²) >= 11 is 0. The molecule has 7 nitrogen and oxygen atoms in total. The zero-order chi connectivity index (χ0) is 17.2. The molecular weight excluding hydrogens is 316 g/mol. The standard InChI is InChI=1S/C18H24N6O/c1-14(15-7-8-15)13-17(25)22-9-11-23(12-10-22)18-19-20-21-24(18)16-5-3-2-4-6-16/h2-6,14-15H,7-13H2,1H3/t14-/m1/s1. The number of para-hydroxylation sites is 1. The number of tetrazole rings is 1. The molecule has 0 spiro atoms. The summed E-state index contributed by atoms with van der Waals surface area (Å²) < 4.78 is 1.76. The fourth-order valence-corrected chi connectivity index (χ4v) is 3.51. The quantitative estimate of drug-likeness (QED) is 0.829. The number of aromatic nitrogens is 4. The fourth-order valence-electron chi connectivity index (χ4n) is 3.51. The van der Waals surface area contributed by atoms with E-state index in [0.29, 0.717) is 18.2 Å². The lowest BCUT2D eigenvalue weighted by atomic mass is 10.0. The van der Waals surface area contributed by atoms with Gasteiger partial charge in [-0.1, -0.05) is 30.2 Å². The highest BCUT2D eigenvalue weighted by atomic mass is 16.2. The van der Waals surface area contributed by atoms with Crippen LogP contribution in [0.15, 0.2) is 30.3 Å². The molecule has 25 heavy (non-hydrogen) atoms. The van der Waals surface area contributed by atoms with Crippen molar-refractivity contribution in [3.05, 3.63) is 30.3 Å². The highest BCUT2D eigenvalue weighted by molar-refractivity contribution is 5.76. The predicted molar refractivity (Wildman–Crippen MR) is 94.5 cm³/mol. The summed E-state index contributed by atoms with van der Waals surface area (Å²) in [7, 11) is 0. The Kier molecular flexibility index (Phi) is 4.38. The van der Waals surface area contributed by atoms with Gasteiger partial charge in [-0.15, -0.1) is 0 Å². The van der Waals surface area contributed by atoms with Crippen LogP contribution in [0.25, 0.3) is 5.69 Å². The molecule has 1 amide bonds. The van der Waals surface area contributed by atoms with Crippen LogP contribution in [0.2, 0.25) is 0 Å². The largest absolute Gasteiger partial charge is 0.339 e. The Labute approximate surface area is 147 Å². The van der Waals surface area contributed by atoms with Gasteiger partial charge in [-0.3, -0.25) is 4.79 Å². The van der Waals surface area contributed by atoms with E-state index in [1.54, 1.807) is 4.68 Å². The van der Waals surface area contributed by atoms with E-state index in [4.69, 9.17) is 0 Å². The smallest absolute Gasteiger partial charge is 0.250 e. The average Bonchev–Trinajstić information content (AvgIpc) is 3.39. The van der Waals surface area contributed by atoms with Crippen molar-refractivity contribution in [2.24, 2.45) is 11.8 Å². The number of rotatable bonds is 5. The summed E-state index contributed by atoms with van der Waals surface area (Å²) in [5.41, 5.74) is 0.944. The Hall–Kier alpha value is -2.44. The van der Waals surface area contributed by atoms with Crippen LogP contribution in [-0.2, 0) is 4.79 Å². The molecule has 2 heterocycles. The van der Waals surface area contributed by atoms with Gasteiger partial charge in [0.15, 0.2) is 0 Å². The van der Waals surface area contributed by atoms with Gasteiger partial charge in [0.05, 0.1) is 5.69 Å². The third-order valence-corrected chi connectivity index (χ3v) is 5.29. The number of carbonyl (C=O) groups is 1. The molecule has 2 fully saturated rings. The predicted octanol–water partition coefficient (Wildman–Crippen LogP) is 1.75. The third-order valence-electron chi connectivity index (χ3n) is 5.29. The van der Waals surface area contributed by atoms with E-state index < -0.39 is 0 Å². The zero-order valence-corrected chi connectivity index (χ0v) is 14.6. The third kappa shape index (κ3) is 3.50. The number of carbonyl (C=O) groups excluding carboxylic acids is 1. The van der Waals surface area contributed by atoms with Gasteiger partial charge in [-0.2, -0.15) is 4.68 Å². The van der Waals surface area contributed by atoms with Crippen molar-refractivity contribution in [3.8, 4) is 5.69 Å². The van der Waals surface area contributed by atoms with Gasteiger partial charge in [0, 0.05) is 32.6 Å². The molecule has 132 valence electrons. The van der Waals surface area contributed by atoms with Crippen LogP contribution in [0.3, 0.4) is 0 Å². The molecule has 0 N–H and O–H groups in total. The Bertz CT molecular complexity index is 718. The number of anilines is 1. The van der Waals surface area contributed by atoms with Gasteiger partial charge >= 0.3 is 0 Å². The van der Waals surface area contributed by atoms with Crippen molar-refractivity contribution in [2.45, 2.75) is 26.2 Å². The van der Waals surface area contributed by atoms with Crippen molar-refractivity contribution in [2.75, 3.05) is 31.1 Å². The number of hydrogen-bond donors (Lipinski definition) is 0. The fraction of sp³-hybridized carbons (Fsp3) is 0.556. The topological polar surface area (TPSA) is 67.2 Å². The van der Waals surface area contributed by atoms with E-state index in [1.807, 2.05) is 35.2 Å². The molecule has 1 aromatic carbocycles.